The van der Waals surface area contributed by atoms with Crippen LogP contribution in [0.25, 0.3) is 0 Å². The molecule has 0 radical (unpaired) electrons. The van der Waals surface area contributed by atoms with Crippen LogP contribution in [0, 0.1) is 0 Å². The zero-order valence-corrected chi connectivity index (χ0v) is 20.4. The van der Waals surface area contributed by atoms with Gasteiger partial charge in [0.25, 0.3) is 0 Å². The summed E-state index contributed by atoms with van der Waals surface area (Å²) in [5, 5.41) is 6.59. The number of aromatic nitrogens is 3. The van der Waals surface area contributed by atoms with Crippen molar-refractivity contribution >= 4 is 34.9 Å². The number of anilines is 6. The van der Waals surface area contributed by atoms with Crippen LogP contribution >= 0.6 is 0 Å². The molecule has 5 rings (SSSR count). The highest BCUT2D eigenvalue weighted by Gasteiger charge is 2.21. The van der Waals surface area contributed by atoms with Crippen molar-refractivity contribution in [3.63, 3.8) is 0 Å². The van der Waals surface area contributed by atoms with Crippen molar-refractivity contribution in [1.29, 1.82) is 0 Å². The molecule has 2 heterocycles. The van der Waals surface area contributed by atoms with E-state index in [0.717, 1.165) is 37.6 Å². The van der Waals surface area contributed by atoms with Gasteiger partial charge >= 0.3 is 0 Å². The van der Waals surface area contributed by atoms with Gasteiger partial charge in [0.1, 0.15) is 11.5 Å². The van der Waals surface area contributed by atoms with Crippen LogP contribution in [0.15, 0.2) is 78.9 Å². The van der Waals surface area contributed by atoms with E-state index in [1.165, 1.54) is 5.69 Å². The number of para-hydroxylation sites is 5. The molecule has 2 N–H and O–H groups in total. The Kier molecular flexibility index (Phi) is 6.98. The lowest BCUT2D eigenvalue weighted by Crippen LogP contribution is -2.47. The normalized spacial score (nSPS) is 13.3. The van der Waals surface area contributed by atoms with Crippen LogP contribution in [0.1, 0.15) is 0 Å². The van der Waals surface area contributed by atoms with Gasteiger partial charge in [-0.25, -0.2) is 0 Å². The minimum Gasteiger partial charge on any atom is -0.495 e. The lowest BCUT2D eigenvalue weighted by molar-refractivity contribution is 0.417. The zero-order chi connectivity index (χ0) is 24.7. The zero-order valence-electron chi connectivity index (χ0n) is 20.4. The molecule has 3 aromatic carbocycles. The molecule has 4 aromatic rings. The molecule has 0 atom stereocenters. The van der Waals surface area contributed by atoms with Gasteiger partial charge in [-0.1, -0.05) is 42.5 Å². The van der Waals surface area contributed by atoms with Crippen molar-refractivity contribution in [2.24, 2.45) is 0 Å². The van der Waals surface area contributed by atoms with Gasteiger partial charge in [-0.3, -0.25) is 0 Å². The van der Waals surface area contributed by atoms with Gasteiger partial charge in [-0.05, 0) is 36.4 Å². The summed E-state index contributed by atoms with van der Waals surface area (Å²) in [7, 11) is 3.28. The molecule has 0 aliphatic carbocycles. The molecule has 184 valence electrons. The average Bonchev–Trinajstić information content (AvgIpc) is 2.94. The average molecular weight is 484 g/mol. The molecule has 1 aliphatic heterocycles. The minimum atomic E-state index is 0.424. The maximum Gasteiger partial charge on any atom is 0.233 e. The number of rotatable bonds is 8. The topological polar surface area (TPSA) is 87.7 Å². The van der Waals surface area contributed by atoms with Crippen molar-refractivity contribution in [2.45, 2.75) is 0 Å². The Bertz CT molecular complexity index is 1230. The highest BCUT2D eigenvalue weighted by atomic mass is 16.5. The smallest absolute Gasteiger partial charge is 0.233 e. The molecule has 0 amide bonds. The van der Waals surface area contributed by atoms with Crippen LogP contribution < -0.4 is 29.9 Å². The Morgan fingerprint density at radius 1 is 0.583 bits per heavy atom. The van der Waals surface area contributed by atoms with Gasteiger partial charge in [0.05, 0.1) is 25.6 Å². The second kappa shape index (κ2) is 10.8. The first-order chi connectivity index (χ1) is 17.7. The molecule has 0 spiro atoms. The van der Waals surface area contributed by atoms with Gasteiger partial charge in [0.2, 0.25) is 17.8 Å². The summed E-state index contributed by atoms with van der Waals surface area (Å²) in [6.45, 7) is 3.34. The first-order valence-corrected chi connectivity index (χ1v) is 11.8. The number of methoxy groups -OCH3 is 2. The van der Waals surface area contributed by atoms with E-state index in [0.29, 0.717) is 29.3 Å². The molecule has 1 aliphatic rings. The SMILES string of the molecule is COc1ccccc1Nc1nc(Nc2ccccc2OC)nc(N2CCN(c3ccccc3)CC2)n1. The predicted molar refractivity (Wildman–Crippen MR) is 143 cm³/mol. The molecule has 0 saturated carbocycles. The third kappa shape index (κ3) is 5.25. The van der Waals surface area contributed by atoms with Crippen LogP contribution in [0.3, 0.4) is 0 Å². The van der Waals surface area contributed by atoms with Crippen LogP contribution in [0.2, 0.25) is 0 Å². The number of benzene rings is 3. The van der Waals surface area contributed by atoms with Gasteiger partial charge in [0, 0.05) is 31.9 Å². The van der Waals surface area contributed by atoms with E-state index in [4.69, 9.17) is 19.4 Å². The molecule has 1 saturated heterocycles. The fourth-order valence-corrected chi connectivity index (χ4v) is 4.16. The Labute approximate surface area is 210 Å². The lowest BCUT2D eigenvalue weighted by Gasteiger charge is -2.36. The third-order valence-corrected chi connectivity index (χ3v) is 6.01. The Morgan fingerprint density at radius 3 is 1.58 bits per heavy atom. The molecular formula is C27H29N7O2. The lowest BCUT2D eigenvalue weighted by atomic mass is 10.2. The van der Waals surface area contributed by atoms with E-state index in [2.05, 4.69) is 49.7 Å². The minimum absolute atomic E-state index is 0.424. The van der Waals surface area contributed by atoms with E-state index in [9.17, 15) is 0 Å². The largest absolute Gasteiger partial charge is 0.495 e. The molecule has 0 bridgehead atoms. The van der Waals surface area contributed by atoms with Crippen LogP contribution in [0.4, 0.5) is 34.9 Å². The molecule has 1 aromatic heterocycles. The van der Waals surface area contributed by atoms with Crippen LogP contribution in [-0.2, 0) is 0 Å². The summed E-state index contributed by atoms with van der Waals surface area (Å²) < 4.78 is 11.0. The van der Waals surface area contributed by atoms with Gasteiger partial charge in [-0.2, -0.15) is 15.0 Å². The van der Waals surface area contributed by atoms with Crippen molar-refractivity contribution in [2.75, 3.05) is 60.8 Å². The third-order valence-electron chi connectivity index (χ3n) is 6.01. The fourth-order valence-electron chi connectivity index (χ4n) is 4.16. The van der Waals surface area contributed by atoms with Gasteiger partial charge in [0.15, 0.2) is 0 Å². The second-order valence-corrected chi connectivity index (χ2v) is 8.24. The molecule has 36 heavy (non-hydrogen) atoms. The van der Waals surface area contributed by atoms with Crippen molar-refractivity contribution in [3.05, 3.63) is 78.9 Å². The predicted octanol–water partition coefficient (Wildman–Crippen LogP) is 4.70. The van der Waals surface area contributed by atoms with E-state index < -0.39 is 0 Å². The number of piperazine rings is 1. The first kappa shape index (κ1) is 23.2. The maximum atomic E-state index is 5.49. The quantitative estimate of drug-likeness (QED) is 0.370. The Morgan fingerprint density at radius 2 is 1.06 bits per heavy atom. The van der Waals surface area contributed by atoms with Crippen molar-refractivity contribution < 1.29 is 9.47 Å². The number of hydrogen-bond acceptors (Lipinski definition) is 9. The molecule has 9 heteroatoms. The summed E-state index contributed by atoms with van der Waals surface area (Å²) in [5.41, 5.74) is 2.77. The molecule has 9 nitrogen and oxygen atoms in total. The summed E-state index contributed by atoms with van der Waals surface area (Å²) >= 11 is 0. The van der Waals surface area contributed by atoms with Crippen molar-refractivity contribution in [1.82, 2.24) is 15.0 Å². The standard InChI is InChI=1S/C27H29N7O2/c1-35-23-14-8-6-12-21(23)28-25-30-26(29-22-13-7-9-15-24(22)36-2)32-27(31-25)34-18-16-33(17-19-34)20-10-4-3-5-11-20/h3-15H,16-19H2,1-2H3,(H2,28,29,30,31,32). The van der Waals surface area contributed by atoms with Crippen LogP contribution in [0.5, 0.6) is 11.5 Å². The number of ether oxygens (including phenoxy) is 2. The van der Waals surface area contributed by atoms with Gasteiger partial charge < -0.3 is 29.9 Å². The molecule has 0 unspecified atom stereocenters. The summed E-state index contributed by atoms with van der Waals surface area (Å²) in [4.78, 5) is 18.7. The summed E-state index contributed by atoms with van der Waals surface area (Å²) in [6, 6.07) is 25.8. The molecule has 1 fully saturated rings. The Balaban J connectivity index is 1.43. The number of hydrogen-bond donors (Lipinski definition) is 2. The summed E-state index contributed by atoms with van der Waals surface area (Å²) in [5.74, 6) is 2.86. The highest BCUT2D eigenvalue weighted by molar-refractivity contribution is 5.66. The van der Waals surface area contributed by atoms with Crippen LogP contribution in [-0.4, -0.2) is 55.4 Å². The summed E-state index contributed by atoms with van der Waals surface area (Å²) in [6.07, 6.45) is 0. The van der Waals surface area contributed by atoms with E-state index in [1.54, 1.807) is 14.2 Å². The monoisotopic (exact) mass is 483 g/mol. The number of nitrogens with one attached hydrogen (secondary N) is 2. The highest BCUT2D eigenvalue weighted by Crippen LogP contribution is 2.29. The second-order valence-electron chi connectivity index (χ2n) is 8.24. The molecular weight excluding hydrogens is 454 g/mol. The maximum absolute atomic E-state index is 5.49. The number of nitrogens with zero attached hydrogens (tertiary/aromatic N) is 5. The van der Waals surface area contributed by atoms with E-state index >= 15 is 0 Å². The fraction of sp³-hybridized carbons (Fsp3) is 0.222. The first-order valence-electron chi connectivity index (χ1n) is 11.8. The van der Waals surface area contributed by atoms with E-state index in [1.807, 2.05) is 54.6 Å². The van der Waals surface area contributed by atoms with E-state index in [-0.39, 0.29) is 0 Å². The van der Waals surface area contributed by atoms with Gasteiger partial charge in [-0.15, -0.1) is 0 Å². The Hall–Kier alpha value is -4.53. The van der Waals surface area contributed by atoms with Crippen molar-refractivity contribution in [3.8, 4) is 11.5 Å².